The van der Waals surface area contributed by atoms with Crippen LogP contribution in [0.5, 0.6) is 0 Å². The number of hydrogen-bond acceptors (Lipinski definition) is 5. The Labute approximate surface area is 221 Å². The third kappa shape index (κ3) is 5.41. The first-order chi connectivity index (χ1) is 17.4. The summed E-state index contributed by atoms with van der Waals surface area (Å²) in [6, 6.07) is 11.2. The molecule has 0 bridgehead atoms. The average Bonchev–Trinajstić information content (AvgIpc) is 3.26. The molecule has 9 heteroatoms. The molecule has 1 N–H and O–H groups in total. The van der Waals surface area contributed by atoms with Crippen molar-refractivity contribution in [1.82, 2.24) is 14.9 Å². The molecular weight excluding hydrogens is 501 g/mol. The topological polar surface area (TPSA) is 73.3 Å². The fourth-order valence-electron chi connectivity index (χ4n) is 5.25. The second-order valence-electron chi connectivity index (χ2n) is 9.74. The van der Waals surface area contributed by atoms with Crippen LogP contribution in [0, 0.1) is 5.92 Å². The number of aliphatic hydroxyl groups is 1. The van der Waals surface area contributed by atoms with Crippen LogP contribution in [0.25, 0.3) is 11.1 Å². The van der Waals surface area contributed by atoms with Gasteiger partial charge in [0.1, 0.15) is 0 Å². The third-order valence-corrected chi connectivity index (χ3v) is 8.10. The lowest BCUT2D eigenvalue weighted by atomic mass is 9.95. The zero-order valence-corrected chi connectivity index (χ0v) is 21.7. The molecule has 3 aliphatic rings. The molecule has 2 amide bonds. The highest BCUT2D eigenvalue weighted by molar-refractivity contribution is 6.36. The summed E-state index contributed by atoms with van der Waals surface area (Å²) in [5, 5.41) is 14.7. The van der Waals surface area contributed by atoms with Gasteiger partial charge >= 0.3 is 0 Å². The van der Waals surface area contributed by atoms with Crippen molar-refractivity contribution in [3.63, 3.8) is 0 Å². The molecule has 36 heavy (non-hydrogen) atoms. The van der Waals surface area contributed by atoms with E-state index in [1.54, 1.807) is 4.90 Å². The van der Waals surface area contributed by atoms with Crippen LogP contribution in [0.15, 0.2) is 36.4 Å². The number of morpholine rings is 1. The number of hydrazine groups is 1. The van der Waals surface area contributed by atoms with Gasteiger partial charge in [-0.05, 0) is 66.6 Å². The Morgan fingerprint density at radius 2 is 1.56 bits per heavy atom. The van der Waals surface area contributed by atoms with Crippen molar-refractivity contribution in [2.45, 2.75) is 31.8 Å². The number of piperidine rings is 1. The largest absolute Gasteiger partial charge is 0.393 e. The number of hydrogen-bond donors (Lipinski definition) is 1. The quantitative estimate of drug-likeness (QED) is 0.633. The van der Waals surface area contributed by atoms with Crippen LogP contribution in [0.3, 0.4) is 0 Å². The summed E-state index contributed by atoms with van der Waals surface area (Å²) in [4.78, 5) is 27.6. The van der Waals surface area contributed by atoms with Crippen LogP contribution in [0.2, 0.25) is 10.0 Å². The molecule has 1 atom stereocenters. The first-order valence-corrected chi connectivity index (χ1v) is 13.4. The maximum absolute atomic E-state index is 13.1. The van der Waals surface area contributed by atoms with Gasteiger partial charge < -0.3 is 14.7 Å². The lowest BCUT2D eigenvalue weighted by Crippen LogP contribution is -2.49. The number of carbonyl (C=O) groups excluding carboxylic acids is 2. The van der Waals surface area contributed by atoms with Gasteiger partial charge in [0.05, 0.1) is 19.3 Å². The standard InChI is InChI=1S/C27H31Cl2N3O4/c28-24-16-21(18-1-3-19(4-2-18)26(34)30-11-13-36-14-12-30)17-25(29)23(24)15-20-5-10-32(27(20)35)31-8-6-22(33)7-9-31/h1-4,16-17,20,22,33H,5-15H2. The Morgan fingerprint density at radius 1 is 0.917 bits per heavy atom. The van der Waals surface area contributed by atoms with E-state index in [4.69, 9.17) is 27.9 Å². The fraction of sp³-hybridized carbons (Fsp3) is 0.481. The molecule has 3 fully saturated rings. The van der Waals surface area contributed by atoms with Crippen LogP contribution in [0.1, 0.15) is 35.2 Å². The number of benzene rings is 2. The molecule has 3 aliphatic heterocycles. The van der Waals surface area contributed by atoms with Gasteiger partial charge in [0, 0.05) is 54.3 Å². The monoisotopic (exact) mass is 531 g/mol. The van der Waals surface area contributed by atoms with E-state index in [1.807, 2.05) is 41.4 Å². The molecule has 0 saturated carbocycles. The van der Waals surface area contributed by atoms with E-state index >= 15 is 0 Å². The van der Waals surface area contributed by atoms with Gasteiger partial charge in [0.15, 0.2) is 0 Å². The molecule has 0 radical (unpaired) electrons. The van der Waals surface area contributed by atoms with E-state index in [9.17, 15) is 14.7 Å². The van der Waals surface area contributed by atoms with Crippen molar-refractivity contribution in [1.29, 1.82) is 0 Å². The van der Waals surface area contributed by atoms with E-state index in [-0.39, 0.29) is 23.8 Å². The van der Waals surface area contributed by atoms with Crippen LogP contribution in [-0.2, 0) is 16.0 Å². The summed E-state index contributed by atoms with van der Waals surface area (Å²) in [5.41, 5.74) is 3.21. The second-order valence-corrected chi connectivity index (χ2v) is 10.6. The highest BCUT2D eigenvalue weighted by atomic mass is 35.5. The number of rotatable bonds is 5. The van der Waals surface area contributed by atoms with Gasteiger partial charge in [0.25, 0.3) is 5.91 Å². The number of aliphatic hydroxyl groups excluding tert-OH is 1. The van der Waals surface area contributed by atoms with Crippen molar-refractivity contribution in [2.24, 2.45) is 5.92 Å². The van der Waals surface area contributed by atoms with Crippen molar-refractivity contribution in [3.8, 4) is 11.1 Å². The first kappa shape index (κ1) is 25.5. The third-order valence-electron chi connectivity index (χ3n) is 7.43. The zero-order valence-electron chi connectivity index (χ0n) is 20.2. The van der Waals surface area contributed by atoms with Crippen molar-refractivity contribution < 1.29 is 19.4 Å². The Hall–Kier alpha value is -2.16. The molecule has 0 aromatic heterocycles. The SMILES string of the molecule is O=C(c1ccc(-c2cc(Cl)c(CC3CCN(N4CCC(O)CC4)C3=O)c(Cl)c2)cc1)N1CCOCC1. The van der Waals surface area contributed by atoms with Crippen molar-refractivity contribution in [2.75, 3.05) is 45.9 Å². The second kappa shape index (κ2) is 11.1. The van der Waals surface area contributed by atoms with Gasteiger partial charge in [-0.25, -0.2) is 5.01 Å². The predicted molar refractivity (Wildman–Crippen MR) is 139 cm³/mol. The van der Waals surface area contributed by atoms with Gasteiger partial charge in [0.2, 0.25) is 5.91 Å². The fourth-order valence-corrected chi connectivity index (χ4v) is 5.89. The van der Waals surface area contributed by atoms with Crippen molar-refractivity contribution >= 4 is 35.0 Å². The average molecular weight is 532 g/mol. The molecule has 0 aliphatic carbocycles. The highest BCUT2D eigenvalue weighted by Crippen LogP contribution is 2.36. The van der Waals surface area contributed by atoms with E-state index < -0.39 is 0 Å². The Bertz CT molecular complexity index is 1090. The molecule has 2 aromatic carbocycles. The number of carbonyl (C=O) groups is 2. The number of amides is 2. The zero-order chi connectivity index (χ0) is 25.2. The van der Waals surface area contributed by atoms with E-state index in [2.05, 4.69) is 5.01 Å². The summed E-state index contributed by atoms with van der Waals surface area (Å²) >= 11 is 13.3. The Balaban J connectivity index is 1.26. The maximum atomic E-state index is 13.1. The minimum atomic E-state index is -0.271. The molecule has 2 aromatic rings. The Morgan fingerprint density at radius 3 is 2.19 bits per heavy atom. The number of ether oxygens (including phenoxy) is 1. The predicted octanol–water partition coefficient (Wildman–Crippen LogP) is 3.90. The maximum Gasteiger partial charge on any atom is 0.254 e. The minimum Gasteiger partial charge on any atom is -0.393 e. The van der Waals surface area contributed by atoms with Crippen LogP contribution >= 0.6 is 23.2 Å². The lowest BCUT2D eigenvalue weighted by molar-refractivity contribution is -0.149. The molecule has 0 spiro atoms. The van der Waals surface area contributed by atoms with E-state index in [0.29, 0.717) is 80.8 Å². The Kier molecular flexibility index (Phi) is 7.84. The van der Waals surface area contributed by atoms with E-state index in [0.717, 1.165) is 23.1 Å². The molecule has 192 valence electrons. The van der Waals surface area contributed by atoms with Crippen LogP contribution in [0.4, 0.5) is 0 Å². The summed E-state index contributed by atoms with van der Waals surface area (Å²) < 4.78 is 5.33. The van der Waals surface area contributed by atoms with Crippen LogP contribution in [-0.4, -0.2) is 83.9 Å². The van der Waals surface area contributed by atoms with Gasteiger partial charge in [-0.15, -0.1) is 0 Å². The molecule has 7 nitrogen and oxygen atoms in total. The van der Waals surface area contributed by atoms with E-state index in [1.165, 1.54) is 0 Å². The first-order valence-electron chi connectivity index (χ1n) is 12.6. The smallest absolute Gasteiger partial charge is 0.254 e. The molecule has 3 saturated heterocycles. The van der Waals surface area contributed by atoms with Gasteiger partial charge in [-0.3, -0.25) is 14.6 Å². The normalized spacial score (nSPS) is 21.9. The van der Waals surface area contributed by atoms with Crippen molar-refractivity contribution in [3.05, 3.63) is 57.6 Å². The minimum absolute atomic E-state index is 0.00673. The summed E-state index contributed by atoms with van der Waals surface area (Å²) in [5.74, 6) is -0.0569. The van der Waals surface area contributed by atoms with Gasteiger partial charge in [-0.1, -0.05) is 35.3 Å². The summed E-state index contributed by atoms with van der Waals surface area (Å²) in [6.07, 6.45) is 2.36. The number of nitrogens with zero attached hydrogens (tertiary/aromatic N) is 3. The summed E-state index contributed by atoms with van der Waals surface area (Å²) in [6.45, 7) is 4.44. The summed E-state index contributed by atoms with van der Waals surface area (Å²) in [7, 11) is 0. The molecular formula is C27H31Cl2N3O4. The molecule has 3 heterocycles. The molecule has 1 unspecified atom stereocenters. The highest BCUT2D eigenvalue weighted by Gasteiger charge is 2.37. The lowest BCUT2D eigenvalue weighted by Gasteiger charge is -2.36. The van der Waals surface area contributed by atoms with Crippen LogP contribution < -0.4 is 0 Å². The van der Waals surface area contributed by atoms with Gasteiger partial charge in [-0.2, -0.15) is 0 Å². The number of halogens is 2. The molecule has 5 rings (SSSR count).